The predicted molar refractivity (Wildman–Crippen MR) is 56.6 cm³/mol. The molecule has 1 aromatic rings. The van der Waals surface area contributed by atoms with Gasteiger partial charge >= 0.3 is 0 Å². The fraction of sp³-hybridized carbons (Fsp3) is 0.455. The van der Waals surface area contributed by atoms with Gasteiger partial charge < -0.3 is 15.5 Å². The minimum atomic E-state index is -0.0435. The van der Waals surface area contributed by atoms with Gasteiger partial charge in [0, 0.05) is 0 Å². The van der Waals surface area contributed by atoms with Crippen LogP contribution in [-0.4, -0.2) is 23.3 Å². The number of rotatable bonds is 5. The van der Waals surface area contributed by atoms with Crippen molar-refractivity contribution in [3.8, 4) is 11.5 Å². The topological polar surface area (TPSA) is 52.5 Å². The zero-order valence-corrected chi connectivity index (χ0v) is 8.45. The summed E-state index contributed by atoms with van der Waals surface area (Å²) < 4.78 is 0. The van der Waals surface area contributed by atoms with Crippen molar-refractivity contribution in [2.24, 2.45) is 0 Å². The van der Waals surface area contributed by atoms with E-state index in [-0.39, 0.29) is 11.5 Å². The van der Waals surface area contributed by atoms with Gasteiger partial charge in [-0.1, -0.05) is 19.1 Å². The first-order valence-electron chi connectivity index (χ1n) is 4.96. The zero-order valence-electron chi connectivity index (χ0n) is 8.45. The molecule has 0 spiro atoms. The van der Waals surface area contributed by atoms with E-state index in [1.54, 1.807) is 6.07 Å². The van der Waals surface area contributed by atoms with Gasteiger partial charge in [0.1, 0.15) is 0 Å². The molecular weight excluding hydrogens is 178 g/mol. The van der Waals surface area contributed by atoms with E-state index < -0.39 is 0 Å². The van der Waals surface area contributed by atoms with E-state index in [0.717, 1.165) is 31.5 Å². The lowest BCUT2D eigenvalue weighted by Gasteiger charge is -2.06. The molecule has 0 saturated heterocycles. The van der Waals surface area contributed by atoms with Gasteiger partial charge in [-0.3, -0.25) is 0 Å². The van der Waals surface area contributed by atoms with Gasteiger partial charge in [0.05, 0.1) is 0 Å². The molecule has 0 aromatic heterocycles. The van der Waals surface area contributed by atoms with E-state index in [1.807, 2.05) is 6.07 Å². The molecule has 0 aliphatic rings. The third kappa shape index (κ3) is 2.92. The average Bonchev–Trinajstić information content (AvgIpc) is 2.19. The zero-order chi connectivity index (χ0) is 10.4. The number of hydrogen-bond donors (Lipinski definition) is 3. The van der Waals surface area contributed by atoms with Crippen molar-refractivity contribution < 1.29 is 10.2 Å². The summed E-state index contributed by atoms with van der Waals surface area (Å²) in [7, 11) is 0. The van der Waals surface area contributed by atoms with Crippen molar-refractivity contribution in [2.75, 3.05) is 13.1 Å². The van der Waals surface area contributed by atoms with Gasteiger partial charge in [-0.25, -0.2) is 0 Å². The lowest BCUT2D eigenvalue weighted by molar-refractivity contribution is 0.399. The van der Waals surface area contributed by atoms with Gasteiger partial charge in [0.25, 0.3) is 0 Å². The Morgan fingerprint density at radius 3 is 2.71 bits per heavy atom. The van der Waals surface area contributed by atoms with Crippen LogP contribution in [0.25, 0.3) is 0 Å². The molecule has 0 aliphatic carbocycles. The maximum atomic E-state index is 9.48. The first kappa shape index (κ1) is 10.9. The Labute approximate surface area is 84.4 Å². The van der Waals surface area contributed by atoms with Crippen molar-refractivity contribution in [3.05, 3.63) is 23.8 Å². The number of hydrogen-bond acceptors (Lipinski definition) is 3. The summed E-state index contributed by atoms with van der Waals surface area (Å²) in [4.78, 5) is 0. The Kier molecular flexibility index (Phi) is 4.26. The van der Waals surface area contributed by atoms with Gasteiger partial charge in [-0.2, -0.15) is 0 Å². The van der Waals surface area contributed by atoms with E-state index in [9.17, 15) is 10.2 Å². The quantitative estimate of drug-likeness (QED) is 0.494. The number of phenolic OH excluding ortho intramolecular Hbond substituents is 2. The highest BCUT2D eigenvalue weighted by atomic mass is 16.3. The van der Waals surface area contributed by atoms with Crippen LogP contribution < -0.4 is 5.32 Å². The number of benzene rings is 1. The van der Waals surface area contributed by atoms with E-state index in [2.05, 4.69) is 12.2 Å². The highest BCUT2D eigenvalue weighted by Crippen LogP contribution is 2.28. The molecule has 14 heavy (non-hydrogen) atoms. The summed E-state index contributed by atoms with van der Waals surface area (Å²) in [6, 6.07) is 5.05. The second-order valence-electron chi connectivity index (χ2n) is 3.28. The Hall–Kier alpha value is -1.22. The number of aromatic hydroxyl groups is 2. The van der Waals surface area contributed by atoms with Crippen LogP contribution in [0, 0.1) is 0 Å². The lowest BCUT2D eigenvalue weighted by atomic mass is 10.1. The standard InChI is InChI=1S/C11H17NO2/c1-2-7-12-8-6-9-4-3-5-10(13)11(9)14/h3-5,12-14H,2,6-8H2,1H3. The Morgan fingerprint density at radius 1 is 1.21 bits per heavy atom. The molecule has 0 aliphatic heterocycles. The van der Waals surface area contributed by atoms with E-state index in [1.165, 1.54) is 6.07 Å². The average molecular weight is 195 g/mol. The molecule has 3 nitrogen and oxygen atoms in total. The van der Waals surface area contributed by atoms with Crippen LogP contribution in [0.2, 0.25) is 0 Å². The van der Waals surface area contributed by atoms with Crippen LogP contribution in [0.1, 0.15) is 18.9 Å². The summed E-state index contributed by atoms with van der Waals surface area (Å²) in [5, 5.41) is 21.9. The summed E-state index contributed by atoms with van der Waals surface area (Å²) >= 11 is 0. The van der Waals surface area contributed by atoms with E-state index in [0.29, 0.717) is 0 Å². The number of para-hydroxylation sites is 1. The molecule has 0 fully saturated rings. The second kappa shape index (κ2) is 5.50. The molecule has 3 N–H and O–H groups in total. The summed E-state index contributed by atoms with van der Waals surface area (Å²) in [6.07, 6.45) is 1.84. The smallest absolute Gasteiger partial charge is 0.160 e. The van der Waals surface area contributed by atoms with Crippen molar-refractivity contribution in [1.82, 2.24) is 5.32 Å². The fourth-order valence-electron chi connectivity index (χ4n) is 1.30. The van der Waals surface area contributed by atoms with Crippen molar-refractivity contribution in [3.63, 3.8) is 0 Å². The van der Waals surface area contributed by atoms with Gasteiger partial charge in [-0.05, 0) is 37.6 Å². The molecule has 0 unspecified atom stereocenters. The maximum Gasteiger partial charge on any atom is 0.160 e. The molecule has 0 bridgehead atoms. The largest absolute Gasteiger partial charge is 0.504 e. The fourth-order valence-corrected chi connectivity index (χ4v) is 1.30. The first-order chi connectivity index (χ1) is 6.75. The third-order valence-corrected chi connectivity index (χ3v) is 2.10. The highest BCUT2D eigenvalue weighted by molar-refractivity contribution is 5.44. The molecule has 1 rings (SSSR count). The van der Waals surface area contributed by atoms with Gasteiger partial charge in [0.15, 0.2) is 11.5 Å². The molecule has 0 atom stereocenters. The van der Waals surface area contributed by atoms with Crippen LogP contribution in [0.15, 0.2) is 18.2 Å². The van der Waals surface area contributed by atoms with Crippen LogP contribution in [-0.2, 0) is 6.42 Å². The Morgan fingerprint density at radius 2 is 2.00 bits per heavy atom. The molecule has 0 radical (unpaired) electrons. The van der Waals surface area contributed by atoms with E-state index in [4.69, 9.17) is 0 Å². The van der Waals surface area contributed by atoms with Gasteiger partial charge in [-0.15, -0.1) is 0 Å². The minimum Gasteiger partial charge on any atom is -0.504 e. The highest BCUT2D eigenvalue weighted by Gasteiger charge is 2.04. The summed E-state index contributed by atoms with van der Waals surface area (Å²) in [6.45, 7) is 3.92. The predicted octanol–water partition coefficient (Wildman–Crippen LogP) is 1.64. The summed E-state index contributed by atoms with van der Waals surface area (Å²) in [5.41, 5.74) is 0.786. The first-order valence-corrected chi connectivity index (χ1v) is 4.96. The molecule has 1 aromatic carbocycles. The minimum absolute atomic E-state index is 0.00537. The molecule has 0 amide bonds. The second-order valence-corrected chi connectivity index (χ2v) is 3.28. The number of nitrogens with one attached hydrogen (secondary N) is 1. The Bertz CT molecular complexity index is 287. The van der Waals surface area contributed by atoms with Crippen LogP contribution in [0.3, 0.4) is 0 Å². The number of phenols is 2. The monoisotopic (exact) mass is 195 g/mol. The third-order valence-electron chi connectivity index (χ3n) is 2.10. The summed E-state index contributed by atoms with van der Waals surface area (Å²) in [5.74, 6) is -0.0382. The lowest BCUT2D eigenvalue weighted by Crippen LogP contribution is -2.17. The van der Waals surface area contributed by atoms with Crippen molar-refractivity contribution >= 4 is 0 Å². The maximum absolute atomic E-state index is 9.48. The van der Waals surface area contributed by atoms with Crippen LogP contribution in [0.4, 0.5) is 0 Å². The Balaban J connectivity index is 2.46. The molecular formula is C11H17NO2. The normalized spacial score (nSPS) is 10.4. The molecule has 0 heterocycles. The SMILES string of the molecule is CCCNCCc1cccc(O)c1O. The molecule has 3 heteroatoms. The van der Waals surface area contributed by atoms with Crippen LogP contribution in [0.5, 0.6) is 11.5 Å². The molecule has 78 valence electrons. The molecule has 0 saturated carbocycles. The van der Waals surface area contributed by atoms with Gasteiger partial charge in [0.2, 0.25) is 0 Å². The van der Waals surface area contributed by atoms with Crippen LogP contribution >= 0.6 is 0 Å². The van der Waals surface area contributed by atoms with Crippen molar-refractivity contribution in [2.45, 2.75) is 19.8 Å². The van der Waals surface area contributed by atoms with E-state index >= 15 is 0 Å². The van der Waals surface area contributed by atoms with Crippen molar-refractivity contribution in [1.29, 1.82) is 0 Å².